The van der Waals surface area contributed by atoms with E-state index in [0.29, 0.717) is 0 Å². The highest BCUT2D eigenvalue weighted by Crippen LogP contribution is 2.40. The number of nitrogens with one attached hydrogen (secondary N) is 1. The predicted octanol–water partition coefficient (Wildman–Crippen LogP) is 3.35. The van der Waals surface area contributed by atoms with Crippen LogP contribution in [0.3, 0.4) is 0 Å². The van der Waals surface area contributed by atoms with Gasteiger partial charge in [0.25, 0.3) is 0 Å². The van der Waals surface area contributed by atoms with Crippen LogP contribution in [0.15, 0.2) is 24.3 Å². The van der Waals surface area contributed by atoms with Gasteiger partial charge in [-0.05, 0) is 49.7 Å². The molecule has 1 unspecified atom stereocenters. The Hall–Kier alpha value is -1.02. The highest BCUT2D eigenvalue weighted by Gasteiger charge is 2.42. The van der Waals surface area contributed by atoms with Crippen LogP contribution in [-0.2, 0) is 6.42 Å². The van der Waals surface area contributed by atoms with Crippen molar-refractivity contribution in [3.63, 3.8) is 0 Å². The standard InChI is InChI=1S/C16H23NO/c1-2-12-7-9-16(18,10-8-12)15-11-13-5-3-4-6-14(13)17-15/h3-6,12,15,17-18H,2,7-11H2,1H3. The summed E-state index contributed by atoms with van der Waals surface area (Å²) in [6, 6.07) is 8.65. The molecular formula is C16H23NO. The Balaban J connectivity index is 1.70. The van der Waals surface area contributed by atoms with Crippen LogP contribution in [0, 0.1) is 5.92 Å². The van der Waals surface area contributed by atoms with E-state index in [0.717, 1.165) is 25.2 Å². The molecule has 1 aliphatic carbocycles. The fourth-order valence-electron chi connectivity index (χ4n) is 3.56. The number of hydrogen-bond acceptors (Lipinski definition) is 2. The number of benzene rings is 1. The van der Waals surface area contributed by atoms with E-state index in [2.05, 4.69) is 36.5 Å². The van der Waals surface area contributed by atoms with Gasteiger partial charge in [-0.3, -0.25) is 0 Å². The molecule has 0 aromatic heterocycles. The maximum absolute atomic E-state index is 10.9. The predicted molar refractivity (Wildman–Crippen MR) is 74.8 cm³/mol. The maximum atomic E-state index is 10.9. The first kappa shape index (κ1) is 12.0. The highest BCUT2D eigenvalue weighted by atomic mass is 16.3. The normalized spacial score (nSPS) is 35.0. The second-order valence-electron chi connectivity index (χ2n) is 6.01. The number of hydrogen-bond donors (Lipinski definition) is 2. The molecule has 1 aromatic carbocycles. The van der Waals surface area contributed by atoms with Crippen molar-refractivity contribution in [2.24, 2.45) is 5.92 Å². The van der Waals surface area contributed by atoms with Crippen molar-refractivity contribution in [2.45, 2.75) is 57.1 Å². The average Bonchev–Trinajstić information content (AvgIpc) is 2.84. The van der Waals surface area contributed by atoms with Gasteiger partial charge in [0.1, 0.15) is 0 Å². The third-order valence-electron chi connectivity index (χ3n) is 4.97. The van der Waals surface area contributed by atoms with E-state index in [1.165, 1.54) is 30.5 Å². The summed E-state index contributed by atoms with van der Waals surface area (Å²) in [6.07, 6.45) is 6.51. The molecule has 2 aliphatic rings. The Morgan fingerprint density at radius 1 is 1.28 bits per heavy atom. The van der Waals surface area contributed by atoms with Gasteiger partial charge in [-0.2, -0.15) is 0 Å². The minimum Gasteiger partial charge on any atom is -0.388 e. The van der Waals surface area contributed by atoms with Crippen LogP contribution in [0.25, 0.3) is 0 Å². The first-order valence-electron chi connectivity index (χ1n) is 7.28. The number of fused-ring (bicyclic) bond motifs is 1. The fourth-order valence-corrected chi connectivity index (χ4v) is 3.56. The number of anilines is 1. The smallest absolute Gasteiger partial charge is 0.0851 e. The summed E-state index contributed by atoms with van der Waals surface area (Å²) in [7, 11) is 0. The first-order chi connectivity index (χ1) is 8.71. The lowest BCUT2D eigenvalue weighted by Gasteiger charge is -2.40. The lowest BCUT2D eigenvalue weighted by Crippen LogP contribution is -2.48. The largest absolute Gasteiger partial charge is 0.388 e. The third kappa shape index (κ3) is 2.03. The van der Waals surface area contributed by atoms with Gasteiger partial charge in [0, 0.05) is 5.69 Å². The van der Waals surface area contributed by atoms with Gasteiger partial charge >= 0.3 is 0 Å². The summed E-state index contributed by atoms with van der Waals surface area (Å²) >= 11 is 0. The van der Waals surface area contributed by atoms with E-state index in [4.69, 9.17) is 0 Å². The van der Waals surface area contributed by atoms with Crippen molar-refractivity contribution in [1.82, 2.24) is 0 Å². The van der Waals surface area contributed by atoms with Crippen LogP contribution >= 0.6 is 0 Å². The Morgan fingerprint density at radius 2 is 2.00 bits per heavy atom. The van der Waals surface area contributed by atoms with Crippen molar-refractivity contribution in [3.8, 4) is 0 Å². The quantitative estimate of drug-likeness (QED) is 0.837. The molecule has 98 valence electrons. The number of aliphatic hydroxyl groups is 1. The van der Waals surface area contributed by atoms with E-state index in [-0.39, 0.29) is 6.04 Å². The molecule has 1 heterocycles. The second kappa shape index (κ2) is 4.58. The number of para-hydroxylation sites is 1. The summed E-state index contributed by atoms with van der Waals surface area (Å²) in [4.78, 5) is 0. The lowest BCUT2D eigenvalue weighted by atomic mass is 9.73. The molecule has 2 N–H and O–H groups in total. The van der Waals surface area contributed by atoms with Crippen LogP contribution in [0.1, 0.15) is 44.6 Å². The molecule has 0 radical (unpaired) electrons. The lowest BCUT2D eigenvalue weighted by molar-refractivity contribution is -0.0242. The van der Waals surface area contributed by atoms with E-state index in [9.17, 15) is 5.11 Å². The molecule has 0 saturated heterocycles. The molecule has 0 spiro atoms. The molecule has 0 amide bonds. The number of rotatable bonds is 2. The summed E-state index contributed by atoms with van der Waals surface area (Å²) in [6.45, 7) is 2.26. The van der Waals surface area contributed by atoms with Crippen LogP contribution in [-0.4, -0.2) is 16.7 Å². The van der Waals surface area contributed by atoms with Gasteiger partial charge < -0.3 is 10.4 Å². The van der Waals surface area contributed by atoms with Gasteiger partial charge in [-0.25, -0.2) is 0 Å². The first-order valence-corrected chi connectivity index (χ1v) is 7.28. The molecule has 2 nitrogen and oxygen atoms in total. The van der Waals surface area contributed by atoms with E-state index < -0.39 is 5.60 Å². The monoisotopic (exact) mass is 245 g/mol. The minimum atomic E-state index is -0.495. The topological polar surface area (TPSA) is 32.3 Å². The van der Waals surface area contributed by atoms with Gasteiger partial charge in [-0.1, -0.05) is 31.5 Å². The fraction of sp³-hybridized carbons (Fsp3) is 0.625. The highest BCUT2D eigenvalue weighted by molar-refractivity contribution is 5.57. The SMILES string of the molecule is CCC1CCC(O)(C2Cc3ccccc3N2)CC1. The van der Waals surface area contributed by atoms with Crippen LogP contribution in [0.4, 0.5) is 5.69 Å². The molecule has 2 heteroatoms. The zero-order chi connectivity index (χ0) is 12.6. The summed E-state index contributed by atoms with van der Waals surface area (Å²) < 4.78 is 0. The van der Waals surface area contributed by atoms with E-state index in [1.54, 1.807) is 0 Å². The van der Waals surface area contributed by atoms with Crippen molar-refractivity contribution in [3.05, 3.63) is 29.8 Å². The van der Waals surface area contributed by atoms with Crippen molar-refractivity contribution in [2.75, 3.05) is 5.32 Å². The third-order valence-corrected chi connectivity index (χ3v) is 4.97. The minimum absolute atomic E-state index is 0.215. The van der Waals surface area contributed by atoms with Gasteiger partial charge in [0.05, 0.1) is 11.6 Å². The molecule has 18 heavy (non-hydrogen) atoms. The Labute approximate surface area is 109 Å². The molecule has 0 bridgehead atoms. The molecule has 3 rings (SSSR count). The maximum Gasteiger partial charge on any atom is 0.0851 e. The molecule has 1 fully saturated rings. The molecule has 1 aliphatic heterocycles. The van der Waals surface area contributed by atoms with Crippen molar-refractivity contribution < 1.29 is 5.11 Å². The van der Waals surface area contributed by atoms with Crippen LogP contribution in [0.5, 0.6) is 0 Å². The summed E-state index contributed by atoms with van der Waals surface area (Å²) in [5, 5.41) is 14.4. The van der Waals surface area contributed by atoms with Crippen molar-refractivity contribution >= 4 is 5.69 Å². The summed E-state index contributed by atoms with van der Waals surface area (Å²) in [5.41, 5.74) is 2.08. The van der Waals surface area contributed by atoms with E-state index >= 15 is 0 Å². The zero-order valence-electron chi connectivity index (χ0n) is 11.2. The van der Waals surface area contributed by atoms with Crippen LogP contribution < -0.4 is 5.32 Å². The molecular weight excluding hydrogens is 222 g/mol. The Kier molecular flexibility index (Phi) is 3.06. The molecule has 1 atom stereocenters. The zero-order valence-corrected chi connectivity index (χ0v) is 11.2. The average molecular weight is 245 g/mol. The molecule has 1 saturated carbocycles. The van der Waals surface area contributed by atoms with Crippen molar-refractivity contribution in [1.29, 1.82) is 0 Å². The van der Waals surface area contributed by atoms with Gasteiger partial charge in [0.2, 0.25) is 0 Å². The molecule has 1 aromatic rings. The van der Waals surface area contributed by atoms with E-state index in [1.807, 2.05) is 0 Å². The Morgan fingerprint density at radius 3 is 2.67 bits per heavy atom. The second-order valence-corrected chi connectivity index (χ2v) is 6.01. The van der Waals surface area contributed by atoms with Gasteiger partial charge in [-0.15, -0.1) is 0 Å². The summed E-state index contributed by atoms with van der Waals surface area (Å²) in [5.74, 6) is 0.828. The van der Waals surface area contributed by atoms with Gasteiger partial charge in [0.15, 0.2) is 0 Å². The Bertz CT molecular complexity index is 396. The van der Waals surface area contributed by atoms with Crippen LogP contribution in [0.2, 0.25) is 0 Å².